The van der Waals surface area contributed by atoms with Crippen molar-refractivity contribution in [2.24, 2.45) is 11.7 Å². The van der Waals surface area contributed by atoms with Gasteiger partial charge in [0.1, 0.15) is 0 Å². The Labute approximate surface area is 97.1 Å². The molecule has 0 bridgehead atoms. The van der Waals surface area contributed by atoms with Crippen LogP contribution in [0.25, 0.3) is 0 Å². The molecule has 0 radical (unpaired) electrons. The number of hydrogen-bond donors (Lipinski definition) is 1. The normalized spacial score (nSPS) is 36.4. The number of rotatable bonds is 3. The largest absolute Gasteiger partial charge is 0.377 e. The third-order valence-corrected chi connectivity index (χ3v) is 3.88. The molecule has 0 aromatic carbocycles. The second-order valence-electron chi connectivity index (χ2n) is 5.11. The number of nitrogens with two attached hydrogens (primary N) is 1. The van der Waals surface area contributed by atoms with Gasteiger partial charge in [0.2, 0.25) is 5.91 Å². The van der Waals surface area contributed by atoms with Crippen LogP contribution in [0.1, 0.15) is 32.6 Å². The van der Waals surface area contributed by atoms with Crippen LogP contribution in [0.2, 0.25) is 0 Å². The fourth-order valence-electron chi connectivity index (χ4n) is 2.72. The van der Waals surface area contributed by atoms with E-state index in [0.29, 0.717) is 12.1 Å². The van der Waals surface area contributed by atoms with Crippen LogP contribution in [0.3, 0.4) is 0 Å². The van der Waals surface area contributed by atoms with Crippen LogP contribution in [0, 0.1) is 5.92 Å². The maximum absolute atomic E-state index is 11.2. The van der Waals surface area contributed by atoms with E-state index in [0.717, 1.165) is 39.0 Å². The first-order chi connectivity index (χ1) is 7.66. The van der Waals surface area contributed by atoms with Crippen LogP contribution in [0.15, 0.2) is 0 Å². The molecule has 1 amide bonds. The molecule has 92 valence electrons. The first-order valence-electron chi connectivity index (χ1n) is 6.32. The molecule has 2 fully saturated rings. The second kappa shape index (κ2) is 5.15. The van der Waals surface area contributed by atoms with Crippen LogP contribution in [0.4, 0.5) is 0 Å². The van der Waals surface area contributed by atoms with Crippen molar-refractivity contribution in [2.75, 3.05) is 19.7 Å². The Bertz CT molecular complexity index is 251. The van der Waals surface area contributed by atoms with E-state index in [4.69, 9.17) is 10.5 Å². The molecule has 3 atom stereocenters. The van der Waals surface area contributed by atoms with E-state index in [1.54, 1.807) is 0 Å². The summed E-state index contributed by atoms with van der Waals surface area (Å²) in [6.45, 7) is 4.90. The lowest BCUT2D eigenvalue weighted by Gasteiger charge is -2.38. The maximum Gasteiger partial charge on any atom is 0.221 e. The fourth-order valence-corrected chi connectivity index (χ4v) is 2.72. The van der Waals surface area contributed by atoms with E-state index < -0.39 is 0 Å². The summed E-state index contributed by atoms with van der Waals surface area (Å²) in [4.78, 5) is 13.6. The lowest BCUT2D eigenvalue weighted by molar-refractivity contribution is -0.124. The standard InChI is InChI=1S/C12H22N2O2/c1-9-4-5-10(12(13)15)7-14(9)8-11-3-2-6-16-11/h9-11H,2-8H2,1H3,(H2,13,15). The quantitative estimate of drug-likeness (QED) is 0.772. The monoisotopic (exact) mass is 226 g/mol. The number of amides is 1. The molecule has 16 heavy (non-hydrogen) atoms. The molecule has 2 heterocycles. The number of ether oxygens (including phenoxy) is 1. The lowest BCUT2D eigenvalue weighted by Crippen LogP contribution is -2.48. The van der Waals surface area contributed by atoms with Crippen LogP contribution in [-0.2, 0) is 9.53 Å². The van der Waals surface area contributed by atoms with Gasteiger partial charge in [-0.1, -0.05) is 0 Å². The Balaban J connectivity index is 1.87. The topological polar surface area (TPSA) is 55.6 Å². The second-order valence-corrected chi connectivity index (χ2v) is 5.11. The SMILES string of the molecule is CC1CCC(C(N)=O)CN1CC1CCCO1. The number of nitrogens with zero attached hydrogens (tertiary/aromatic N) is 1. The van der Waals surface area contributed by atoms with E-state index in [1.165, 1.54) is 6.42 Å². The Morgan fingerprint density at radius 3 is 2.88 bits per heavy atom. The average molecular weight is 226 g/mol. The molecule has 2 aliphatic rings. The lowest BCUT2D eigenvalue weighted by atomic mass is 9.92. The highest BCUT2D eigenvalue weighted by Crippen LogP contribution is 2.24. The van der Waals surface area contributed by atoms with Gasteiger partial charge in [-0.2, -0.15) is 0 Å². The fraction of sp³-hybridized carbons (Fsp3) is 0.917. The number of carbonyl (C=O) groups excluding carboxylic acids is 1. The third-order valence-electron chi connectivity index (χ3n) is 3.88. The number of likely N-dealkylation sites (tertiary alicyclic amines) is 1. The first kappa shape index (κ1) is 11.9. The highest BCUT2D eigenvalue weighted by atomic mass is 16.5. The van der Waals surface area contributed by atoms with Crippen molar-refractivity contribution >= 4 is 5.91 Å². The molecule has 4 nitrogen and oxygen atoms in total. The molecule has 3 unspecified atom stereocenters. The van der Waals surface area contributed by atoms with Crippen molar-refractivity contribution in [1.82, 2.24) is 4.90 Å². The highest BCUT2D eigenvalue weighted by Gasteiger charge is 2.30. The summed E-state index contributed by atoms with van der Waals surface area (Å²) in [5.41, 5.74) is 5.39. The van der Waals surface area contributed by atoms with Crippen LogP contribution in [0.5, 0.6) is 0 Å². The molecule has 0 aromatic heterocycles. The third kappa shape index (κ3) is 2.74. The van der Waals surface area contributed by atoms with Crippen molar-refractivity contribution in [1.29, 1.82) is 0 Å². The van der Waals surface area contributed by atoms with Gasteiger partial charge in [-0.3, -0.25) is 9.69 Å². The van der Waals surface area contributed by atoms with Gasteiger partial charge < -0.3 is 10.5 Å². The number of carbonyl (C=O) groups is 1. The predicted molar refractivity (Wildman–Crippen MR) is 61.9 cm³/mol. The van der Waals surface area contributed by atoms with E-state index >= 15 is 0 Å². The Kier molecular flexibility index (Phi) is 3.82. The van der Waals surface area contributed by atoms with Gasteiger partial charge in [0.25, 0.3) is 0 Å². The van der Waals surface area contributed by atoms with E-state index in [1.807, 2.05) is 0 Å². The van der Waals surface area contributed by atoms with Crippen LogP contribution in [-0.4, -0.2) is 42.6 Å². The number of primary amides is 1. The summed E-state index contributed by atoms with van der Waals surface area (Å²) < 4.78 is 5.64. The zero-order valence-electron chi connectivity index (χ0n) is 10.0. The van der Waals surface area contributed by atoms with Crippen molar-refractivity contribution < 1.29 is 9.53 Å². The Hall–Kier alpha value is -0.610. The van der Waals surface area contributed by atoms with E-state index in [9.17, 15) is 4.79 Å². The van der Waals surface area contributed by atoms with Gasteiger partial charge in [0, 0.05) is 25.7 Å². The van der Waals surface area contributed by atoms with Gasteiger partial charge >= 0.3 is 0 Å². The number of hydrogen-bond acceptors (Lipinski definition) is 3. The molecular weight excluding hydrogens is 204 g/mol. The molecular formula is C12H22N2O2. The molecule has 2 aliphatic heterocycles. The Morgan fingerprint density at radius 1 is 1.44 bits per heavy atom. The van der Waals surface area contributed by atoms with E-state index in [2.05, 4.69) is 11.8 Å². The molecule has 2 N–H and O–H groups in total. The van der Waals surface area contributed by atoms with Crippen molar-refractivity contribution in [2.45, 2.75) is 44.8 Å². The minimum absolute atomic E-state index is 0.0394. The van der Waals surface area contributed by atoms with Crippen molar-refractivity contribution in [3.05, 3.63) is 0 Å². The molecule has 0 aromatic rings. The van der Waals surface area contributed by atoms with Gasteiger partial charge in [-0.15, -0.1) is 0 Å². The highest BCUT2D eigenvalue weighted by molar-refractivity contribution is 5.76. The number of piperidine rings is 1. The summed E-state index contributed by atoms with van der Waals surface area (Å²) in [5, 5.41) is 0. The molecule has 0 spiro atoms. The first-order valence-corrected chi connectivity index (χ1v) is 6.32. The van der Waals surface area contributed by atoms with Gasteiger partial charge in [-0.25, -0.2) is 0 Å². The minimum atomic E-state index is -0.149. The zero-order chi connectivity index (χ0) is 11.5. The molecule has 2 rings (SSSR count). The summed E-state index contributed by atoms with van der Waals surface area (Å²) in [5.74, 6) is -0.109. The van der Waals surface area contributed by atoms with Crippen molar-refractivity contribution in [3.8, 4) is 0 Å². The van der Waals surface area contributed by atoms with Gasteiger partial charge in [-0.05, 0) is 32.6 Å². The zero-order valence-corrected chi connectivity index (χ0v) is 10.0. The molecule has 0 saturated carbocycles. The Morgan fingerprint density at radius 2 is 2.25 bits per heavy atom. The predicted octanol–water partition coefficient (Wildman–Crippen LogP) is 0.751. The van der Waals surface area contributed by atoms with Gasteiger partial charge in [0.05, 0.1) is 12.0 Å². The minimum Gasteiger partial charge on any atom is -0.377 e. The average Bonchev–Trinajstić information content (AvgIpc) is 2.73. The molecule has 2 saturated heterocycles. The summed E-state index contributed by atoms with van der Waals surface area (Å²) in [6.07, 6.45) is 4.71. The van der Waals surface area contributed by atoms with Crippen molar-refractivity contribution in [3.63, 3.8) is 0 Å². The molecule has 4 heteroatoms. The van der Waals surface area contributed by atoms with Gasteiger partial charge in [0.15, 0.2) is 0 Å². The maximum atomic E-state index is 11.2. The van der Waals surface area contributed by atoms with Crippen LogP contribution >= 0.6 is 0 Å². The molecule has 0 aliphatic carbocycles. The summed E-state index contributed by atoms with van der Waals surface area (Å²) in [6, 6.07) is 0.555. The smallest absolute Gasteiger partial charge is 0.221 e. The van der Waals surface area contributed by atoms with E-state index in [-0.39, 0.29) is 11.8 Å². The summed E-state index contributed by atoms with van der Waals surface area (Å²) in [7, 11) is 0. The summed E-state index contributed by atoms with van der Waals surface area (Å²) >= 11 is 0. The van der Waals surface area contributed by atoms with Crippen LogP contribution < -0.4 is 5.73 Å².